The van der Waals surface area contributed by atoms with Crippen LogP contribution in [0.1, 0.15) is 25.7 Å². The van der Waals surface area contributed by atoms with E-state index >= 15 is 0 Å². The normalized spacial score (nSPS) is 18.5. The topological polar surface area (TPSA) is 102 Å². The summed E-state index contributed by atoms with van der Waals surface area (Å²) in [6.07, 6.45) is 6.80. The molecule has 0 spiro atoms. The molecular formula is C21H21ClFN5O3. The van der Waals surface area contributed by atoms with Crippen molar-refractivity contribution in [3.8, 4) is 22.7 Å². The number of ether oxygens (including phenoxy) is 1. The lowest BCUT2D eigenvalue weighted by molar-refractivity contribution is 0.169. The van der Waals surface area contributed by atoms with E-state index in [1.165, 1.54) is 17.1 Å². The van der Waals surface area contributed by atoms with Gasteiger partial charge < -0.3 is 15.2 Å². The summed E-state index contributed by atoms with van der Waals surface area (Å²) >= 11 is 6.29. The summed E-state index contributed by atoms with van der Waals surface area (Å²) in [6, 6.07) is 6.33. The van der Waals surface area contributed by atoms with Crippen molar-refractivity contribution in [2.75, 3.05) is 6.61 Å². The number of carbonyl (C=O) groups is 1. The molecule has 0 bridgehead atoms. The smallest absolute Gasteiger partial charge is 0.404 e. The Hall–Kier alpha value is -3.20. The standard InChI is InChI=1S/C21H21ClFN5O3/c22-20-19(31-11-13-5-7-15(8-6-13)27-21(29)30)18(24-12-25-20)14-9-26-28(10-14)17-4-2-1-3-16(17)23/h1-4,9-10,12-13,15,27H,5-8,11H2,(H,29,30)/t13-,15-. The van der Waals surface area contributed by atoms with Gasteiger partial charge in [0.2, 0.25) is 0 Å². The Bertz CT molecular complexity index is 1070. The van der Waals surface area contributed by atoms with Crippen molar-refractivity contribution in [3.63, 3.8) is 0 Å². The van der Waals surface area contributed by atoms with Crippen molar-refractivity contribution in [3.05, 3.63) is 54.0 Å². The number of hydrogen-bond donors (Lipinski definition) is 2. The molecule has 0 unspecified atom stereocenters. The Kier molecular flexibility index (Phi) is 6.31. The fraction of sp³-hybridized carbons (Fsp3) is 0.333. The van der Waals surface area contributed by atoms with Gasteiger partial charge in [0.15, 0.2) is 10.9 Å². The van der Waals surface area contributed by atoms with Gasteiger partial charge in [0.1, 0.15) is 23.5 Å². The maximum atomic E-state index is 14.1. The fourth-order valence-corrected chi connectivity index (χ4v) is 3.94. The van der Waals surface area contributed by atoms with Crippen LogP contribution in [0.3, 0.4) is 0 Å². The molecule has 1 saturated carbocycles. The third kappa shape index (κ3) is 4.93. The van der Waals surface area contributed by atoms with Gasteiger partial charge in [-0.05, 0) is 43.7 Å². The Morgan fingerprint density at radius 2 is 2.03 bits per heavy atom. The molecule has 2 heterocycles. The molecule has 8 nitrogen and oxygen atoms in total. The number of aromatic nitrogens is 4. The maximum absolute atomic E-state index is 14.1. The largest absolute Gasteiger partial charge is 0.488 e. The van der Waals surface area contributed by atoms with E-state index < -0.39 is 6.09 Å². The van der Waals surface area contributed by atoms with E-state index in [1.54, 1.807) is 30.6 Å². The van der Waals surface area contributed by atoms with E-state index in [2.05, 4.69) is 20.4 Å². The second-order valence-corrected chi connectivity index (χ2v) is 7.80. The lowest BCUT2D eigenvalue weighted by Gasteiger charge is -2.28. The lowest BCUT2D eigenvalue weighted by Crippen LogP contribution is -2.37. The minimum Gasteiger partial charge on any atom is -0.488 e. The summed E-state index contributed by atoms with van der Waals surface area (Å²) in [5.74, 6) is 0.238. The van der Waals surface area contributed by atoms with E-state index in [1.807, 2.05) is 0 Å². The molecule has 0 atom stereocenters. The van der Waals surface area contributed by atoms with Gasteiger partial charge in [-0.2, -0.15) is 5.10 Å². The van der Waals surface area contributed by atoms with Crippen LogP contribution in [-0.4, -0.2) is 43.6 Å². The highest BCUT2D eigenvalue weighted by Crippen LogP contribution is 2.34. The highest BCUT2D eigenvalue weighted by Gasteiger charge is 2.24. The molecule has 4 rings (SSSR count). The zero-order valence-corrected chi connectivity index (χ0v) is 17.3. The molecule has 162 valence electrons. The minimum absolute atomic E-state index is 0.0165. The van der Waals surface area contributed by atoms with Gasteiger partial charge in [0.25, 0.3) is 0 Å². The molecule has 2 aromatic heterocycles. The van der Waals surface area contributed by atoms with Crippen molar-refractivity contribution in [1.29, 1.82) is 0 Å². The minimum atomic E-state index is -0.992. The third-order valence-electron chi connectivity index (χ3n) is 5.35. The summed E-state index contributed by atoms with van der Waals surface area (Å²) in [7, 11) is 0. The van der Waals surface area contributed by atoms with E-state index in [9.17, 15) is 9.18 Å². The van der Waals surface area contributed by atoms with Gasteiger partial charge in [-0.25, -0.2) is 23.8 Å². The molecule has 31 heavy (non-hydrogen) atoms. The third-order valence-corrected chi connectivity index (χ3v) is 5.62. The van der Waals surface area contributed by atoms with Crippen molar-refractivity contribution in [2.24, 2.45) is 5.92 Å². The zero-order chi connectivity index (χ0) is 21.8. The summed E-state index contributed by atoms with van der Waals surface area (Å²) in [4.78, 5) is 19.1. The van der Waals surface area contributed by atoms with Crippen LogP contribution in [0.15, 0.2) is 43.0 Å². The first-order chi connectivity index (χ1) is 15.0. The first kappa shape index (κ1) is 21.0. The molecule has 0 radical (unpaired) electrons. The number of nitrogens with one attached hydrogen (secondary N) is 1. The van der Waals surface area contributed by atoms with Crippen molar-refractivity contribution >= 4 is 17.7 Å². The molecule has 1 aromatic carbocycles. The van der Waals surface area contributed by atoms with Gasteiger partial charge in [-0.15, -0.1) is 0 Å². The SMILES string of the molecule is O=C(O)N[C@H]1CC[C@H](COc2c(Cl)ncnc2-c2cnn(-c3ccccc3F)c2)CC1. The molecule has 3 aromatic rings. The average Bonchev–Trinajstić information content (AvgIpc) is 3.23. The van der Waals surface area contributed by atoms with Crippen LogP contribution >= 0.6 is 11.6 Å². The predicted octanol–water partition coefficient (Wildman–Crippen LogP) is 4.33. The molecule has 0 aliphatic heterocycles. The molecule has 2 N–H and O–H groups in total. The second kappa shape index (κ2) is 9.30. The Labute approximate surface area is 183 Å². The number of para-hydroxylation sites is 1. The first-order valence-electron chi connectivity index (χ1n) is 9.94. The fourth-order valence-electron chi connectivity index (χ4n) is 3.75. The summed E-state index contributed by atoms with van der Waals surface area (Å²) in [5.41, 5.74) is 1.42. The molecular weight excluding hydrogens is 425 g/mol. The summed E-state index contributed by atoms with van der Waals surface area (Å²) in [6.45, 7) is 0.418. The average molecular weight is 446 g/mol. The van der Waals surface area contributed by atoms with Crippen LogP contribution < -0.4 is 10.1 Å². The number of amides is 1. The number of halogens is 2. The van der Waals surface area contributed by atoms with Crippen LogP contribution in [0.2, 0.25) is 5.15 Å². The summed E-state index contributed by atoms with van der Waals surface area (Å²) < 4.78 is 21.5. The first-order valence-corrected chi connectivity index (χ1v) is 10.3. The van der Waals surface area contributed by atoms with Crippen LogP contribution in [0, 0.1) is 11.7 Å². The maximum Gasteiger partial charge on any atom is 0.404 e. The van der Waals surface area contributed by atoms with Gasteiger partial charge >= 0.3 is 6.09 Å². The van der Waals surface area contributed by atoms with Crippen LogP contribution in [0.4, 0.5) is 9.18 Å². The molecule has 1 amide bonds. The lowest BCUT2D eigenvalue weighted by atomic mass is 9.86. The van der Waals surface area contributed by atoms with Gasteiger partial charge in [0.05, 0.1) is 12.8 Å². The van der Waals surface area contributed by atoms with Gasteiger partial charge in [0, 0.05) is 17.8 Å². The zero-order valence-electron chi connectivity index (χ0n) is 16.5. The van der Waals surface area contributed by atoms with Gasteiger partial charge in [-0.3, -0.25) is 0 Å². The van der Waals surface area contributed by atoms with E-state index in [-0.39, 0.29) is 22.9 Å². The molecule has 0 saturated heterocycles. The van der Waals surface area contributed by atoms with Crippen LogP contribution in [-0.2, 0) is 0 Å². The number of benzene rings is 1. The van der Waals surface area contributed by atoms with Crippen molar-refractivity contribution in [1.82, 2.24) is 25.1 Å². The van der Waals surface area contributed by atoms with Crippen molar-refractivity contribution in [2.45, 2.75) is 31.7 Å². The summed E-state index contributed by atoms with van der Waals surface area (Å²) in [5, 5.41) is 15.8. The Morgan fingerprint density at radius 1 is 1.26 bits per heavy atom. The Balaban J connectivity index is 1.48. The number of rotatable bonds is 6. The van der Waals surface area contributed by atoms with Crippen LogP contribution in [0.5, 0.6) is 5.75 Å². The van der Waals surface area contributed by atoms with Crippen molar-refractivity contribution < 1.29 is 19.0 Å². The quantitative estimate of drug-likeness (QED) is 0.547. The van der Waals surface area contributed by atoms with Gasteiger partial charge in [-0.1, -0.05) is 23.7 Å². The molecule has 1 aliphatic carbocycles. The van der Waals surface area contributed by atoms with E-state index in [0.29, 0.717) is 29.3 Å². The van der Waals surface area contributed by atoms with E-state index in [4.69, 9.17) is 21.4 Å². The molecule has 1 fully saturated rings. The van der Waals surface area contributed by atoms with E-state index in [0.717, 1.165) is 25.7 Å². The predicted molar refractivity (Wildman–Crippen MR) is 112 cm³/mol. The number of nitrogens with zero attached hydrogens (tertiary/aromatic N) is 4. The Morgan fingerprint density at radius 3 is 2.77 bits per heavy atom. The monoisotopic (exact) mass is 445 g/mol. The molecule has 1 aliphatic rings. The van der Waals surface area contributed by atoms with Crippen LogP contribution in [0.25, 0.3) is 16.9 Å². The highest BCUT2D eigenvalue weighted by molar-refractivity contribution is 6.31. The number of carboxylic acid groups (broad SMARTS) is 1. The number of hydrogen-bond acceptors (Lipinski definition) is 5. The highest BCUT2D eigenvalue weighted by atomic mass is 35.5. The second-order valence-electron chi connectivity index (χ2n) is 7.45. The molecule has 10 heteroatoms.